The van der Waals surface area contributed by atoms with E-state index in [1.165, 1.54) is 22.0 Å². The molecule has 4 rings (SSSR count). The van der Waals surface area contributed by atoms with Crippen molar-refractivity contribution in [2.24, 2.45) is 0 Å². The number of nitrogens with one attached hydrogen (secondary N) is 1. The van der Waals surface area contributed by atoms with Gasteiger partial charge in [0.05, 0.1) is 6.42 Å². The molecule has 0 spiro atoms. The number of hydrogen-bond donors (Lipinski definition) is 2. The number of carbonyl (C=O) groups excluding carboxylic acids is 1. The molecule has 0 aliphatic rings. The molecule has 0 saturated carbocycles. The lowest BCUT2D eigenvalue weighted by Gasteiger charge is -2.05. The van der Waals surface area contributed by atoms with E-state index in [2.05, 4.69) is 64.6 Å². The van der Waals surface area contributed by atoms with Crippen LogP contribution in [0.3, 0.4) is 0 Å². The topological polar surface area (TPSA) is 54.3 Å². The summed E-state index contributed by atoms with van der Waals surface area (Å²) < 4.78 is 2.28. The van der Waals surface area contributed by atoms with Crippen molar-refractivity contribution in [2.45, 2.75) is 19.4 Å². The van der Waals surface area contributed by atoms with Crippen molar-refractivity contribution in [3.8, 4) is 5.75 Å². The quantitative estimate of drug-likeness (QED) is 0.499. The van der Waals surface area contributed by atoms with Crippen LogP contribution in [0.5, 0.6) is 5.75 Å². The number of phenolic OH excluding ortho intramolecular Hbond substituents is 1. The third-order valence-electron chi connectivity index (χ3n) is 5.08. The molecular weight excluding hydrogens is 360 g/mol. The zero-order chi connectivity index (χ0) is 20.1. The molecule has 0 aliphatic carbocycles. The highest BCUT2D eigenvalue weighted by molar-refractivity contribution is 5.84. The van der Waals surface area contributed by atoms with Crippen molar-refractivity contribution in [2.75, 3.05) is 6.54 Å². The molecule has 1 heterocycles. The minimum Gasteiger partial charge on any atom is -0.508 e. The SMILES string of the molecule is O=C(Cc1ccc(O)cc1)NCCc1cn(Cc2ccccc2)c2ccccc12. The standard InChI is InChI=1S/C25H24N2O2/c28-22-12-10-19(11-13-22)16-25(29)26-15-14-21-18-27(17-20-6-2-1-3-7-20)24-9-5-4-8-23(21)24/h1-13,18,28H,14-17H2,(H,26,29). The average Bonchev–Trinajstić information content (AvgIpc) is 3.08. The van der Waals surface area contributed by atoms with Gasteiger partial charge in [0.15, 0.2) is 0 Å². The third kappa shape index (κ3) is 4.66. The van der Waals surface area contributed by atoms with Crippen LogP contribution in [0.2, 0.25) is 0 Å². The van der Waals surface area contributed by atoms with Crippen LogP contribution in [-0.2, 0) is 24.2 Å². The zero-order valence-electron chi connectivity index (χ0n) is 16.2. The predicted molar refractivity (Wildman–Crippen MR) is 116 cm³/mol. The predicted octanol–water partition coefficient (Wildman–Crippen LogP) is 4.30. The molecule has 146 valence electrons. The summed E-state index contributed by atoms with van der Waals surface area (Å²) in [6.45, 7) is 1.42. The number of benzene rings is 3. The smallest absolute Gasteiger partial charge is 0.224 e. The van der Waals surface area contributed by atoms with Crippen molar-refractivity contribution in [1.29, 1.82) is 0 Å². The summed E-state index contributed by atoms with van der Waals surface area (Å²) in [5, 5.41) is 13.6. The summed E-state index contributed by atoms with van der Waals surface area (Å²) in [5.74, 6) is 0.199. The summed E-state index contributed by atoms with van der Waals surface area (Å²) >= 11 is 0. The molecule has 4 nitrogen and oxygen atoms in total. The number of aromatic hydroxyl groups is 1. The number of rotatable bonds is 7. The number of amides is 1. The van der Waals surface area contributed by atoms with Gasteiger partial charge in [-0.3, -0.25) is 4.79 Å². The Morgan fingerprint density at radius 3 is 2.38 bits per heavy atom. The van der Waals surface area contributed by atoms with Crippen molar-refractivity contribution in [1.82, 2.24) is 9.88 Å². The van der Waals surface area contributed by atoms with Gasteiger partial charge in [-0.1, -0.05) is 60.7 Å². The first-order chi connectivity index (χ1) is 14.2. The molecule has 0 atom stereocenters. The molecule has 0 saturated heterocycles. The molecule has 4 heteroatoms. The van der Waals surface area contributed by atoms with Crippen LogP contribution in [0.15, 0.2) is 85.1 Å². The van der Waals surface area contributed by atoms with Gasteiger partial charge in [-0.2, -0.15) is 0 Å². The number of fused-ring (bicyclic) bond motifs is 1. The van der Waals surface area contributed by atoms with Gasteiger partial charge in [0, 0.05) is 30.2 Å². The third-order valence-corrected chi connectivity index (χ3v) is 5.08. The van der Waals surface area contributed by atoms with Crippen molar-refractivity contribution in [3.05, 3.63) is 102 Å². The van der Waals surface area contributed by atoms with Crippen LogP contribution in [0.25, 0.3) is 10.9 Å². The summed E-state index contributed by atoms with van der Waals surface area (Å²) in [4.78, 5) is 12.2. The van der Waals surface area contributed by atoms with Crippen molar-refractivity contribution in [3.63, 3.8) is 0 Å². The second kappa shape index (κ2) is 8.65. The second-order valence-electron chi connectivity index (χ2n) is 7.23. The Hall–Kier alpha value is -3.53. The number of carbonyl (C=O) groups is 1. The first-order valence-electron chi connectivity index (χ1n) is 9.84. The van der Waals surface area contributed by atoms with Crippen LogP contribution in [-0.4, -0.2) is 22.1 Å². The number of nitrogens with zero attached hydrogens (tertiary/aromatic N) is 1. The zero-order valence-corrected chi connectivity index (χ0v) is 16.2. The molecule has 0 fully saturated rings. The van der Waals surface area contributed by atoms with Gasteiger partial charge in [-0.05, 0) is 41.3 Å². The van der Waals surface area contributed by atoms with Crippen LogP contribution in [0.4, 0.5) is 0 Å². The summed E-state index contributed by atoms with van der Waals surface area (Å²) in [6.07, 6.45) is 3.30. The van der Waals surface area contributed by atoms with Gasteiger partial charge >= 0.3 is 0 Å². The van der Waals surface area contributed by atoms with Gasteiger partial charge in [-0.15, -0.1) is 0 Å². The van der Waals surface area contributed by atoms with E-state index in [4.69, 9.17) is 0 Å². The van der Waals surface area contributed by atoms with Crippen molar-refractivity contribution < 1.29 is 9.90 Å². The Kier molecular flexibility index (Phi) is 5.61. The van der Waals surface area contributed by atoms with E-state index in [9.17, 15) is 9.90 Å². The molecule has 1 amide bonds. The summed E-state index contributed by atoms with van der Waals surface area (Å²) in [7, 11) is 0. The van der Waals surface area contributed by atoms with Gasteiger partial charge in [-0.25, -0.2) is 0 Å². The fourth-order valence-corrected chi connectivity index (χ4v) is 3.63. The van der Waals surface area contributed by atoms with E-state index in [0.717, 1.165) is 18.5 Å². The molecule has 0 unspecified atom stereocenters. The largest absolute Gasteiger partial charge is 0.508 e. The first kappa shape index (κ1) is 18.8. The maximum Gasteiger partial charge on any atom is 0.224 e. The minimum absolute atomic E-state index is 0.0105. The Bertz CT molecular complexity index is 1100. The van der Waals surface area contributed by atoms with E-state index in [1.807, 2.05) is 6.07 Å². The number of para-hydroxylation sites is 1. The molecule has 0 bridgehead atoms. The molecule has 29 heavy (non-hydrogen) atoms. The van der Waals surface area contributed by atoms with Crippen LogP contribution in [0, 0.1) is 0 Å². The van der Waals surface area contributed by atoms with E-state index in [0.29, 0.717) is 13.0 Å². The van der Waals surface area contributed by atoms with Gasteiger partial charge in [0.1, 0.15) is 5.75 Å². The van der Waals surface area contributed by atoms with Gasteiger partial charge < -0.3 is 15.0 Å². The average molecular weight is 384 g/mol. The maximum absolute atomic E-state index is 12.2. The number of aromatic nitrogens is 1. The Morgan fingerprint density at radius 1 is 0.862 bits per heavy atom. The highest BCUT2D eigenvalue weighted by Crippen LogP contribution is 2.22. The lowest BCUT2D eigenvalue weighted by atomic mass is 10.1. The first-order valence-corrected chi connectivity index (χ1v) is 9.84. The molecule has 1 aromatic heterocycles. The highest BCUT2D eigenvalue weighted by atomic mass is 16.3. The van der Waals surface area contributed by atoms with E-state index >= 15 is 0 Å². The second-order valence-corrected chi connectivity index (χ2v) is 7.23. The van der Waals surface area contributed by atoms with Crippen molar-refractivity contribution >= 4 is 16.8 Å². The maximum atomic E-state index is 12.2. The lowest BCUT2D eigenvalue weighted by molar-refractivity contribution is -0.120. The fraction of sp³-hybridized carbons (Fsp3) is 0.160. The minimum atomic E-state index is -0.0105. The fourth-order valence-electron chi connectivity index (χ4n) is 3.63. The van der Waals surface area contributed by atoms with Gasteiger partial charge in [0.25, 0.3) is 0 Å². The molecule has 0 aliphatic heterocycles. The van der Waals surface area contributed by atoms with Crippen LogP contribution >= 0.6 is 0 Å². The Morgan fingerprint density at radius 2 is 1.59 bits per heavy atom. The highest BCUT2D eigenvalue weighted by Gasteiger charge is 2.09. The number of phenols is 1. The Balaban J connectivity index is 1.41. The van der Waals surface area contributed by atoms with E-state index in [1.54, 1.807) is 24.3 Å². The summed E-state index contributed by atoms with van der Waals surface area (Å²) in [5.41, 5.74) is 4.60. The van der Waals surface area contributed by atoms with Crippen LogP contribution < -0.4 is 5.32 Å². The Labute approximate surface area is 170 Å². The molecular formula is C25H24N2O2. The number of hydrogen-bond acceptors (Lipinski definition) is 2. The van der Waals surface area contributed by atoms with E-state index in [-0.39, 0.29) is 11.7 Å². The monoisotopic (exact) mass is 384 g/mol. The molecule has 4 aromatic rings. The van der Waals surface area contributed by atoms with Crippen LogP contribution in [0.1, 0.15) is 16.7 Å². The molecule has 3 aromatic carbocycles. The summed E-state index contributed by atoms with van der Waals surface area (Å²) in [6, 6.07) is 25.6. The molecule has 2 N–H and O–H groups in total. The van der Waals surface area contributed by atoms with E-state index < -0.39 is 0 Å². The molecule has 0 radical (unpaired) electrons. The lowest BCUT2D eigenvalue weighted by Crippen LogP contribution is -2.27. The normalized spacial score (nSPS) is 10.9. The van der Waals surface area contributed by atoms with Gasteiger partial charge in [0.2, 0.25) is 5.91 Å².